The summed E-state index contributed by atoms with van der Waals surface area (Å²) in [5.41, 5.74) is 4.73. The van der Waals surface area contributed by atoms with E-state index in [-0.39, 0.29) is 18.2 Å². The predicted octanol–water partition coefficient (Wildman–Crippen LogP) is 2.64. The van der Waals surface area contributed by atoms with Crippen LogP contribution in [0.2, 0.25) is 0 Å². The van der Waals surface area contributed by atoms with Gasteiger partial charge in [-0.3, -0.25) is 0 Å². The van der Waals surface area contributed by atoms with Crippen LogP contribution in [0.4, 0.5) is 13.2 Å². The first-order valence-electron chi connectivity index (χ1n) is 6.35. The molecule has 21 heavy (non-hydrogen) atoms. The number of halogens is 3. The van der Waals surface area contributed by atoms with Crippen LogP contribution >= 0.6 is 11.8 Å². The summed E-state index contributed by atoms with van der Waals surface area (Å²) in [5, 5.41) is 11.8. The van der Waals surface area contributed by atoms with E-state index in [4.69, 9.17) is 5.73 Å². The van der Waals surface area contributed by atoms with Crippen LogP contribution in [0.15, 0.2) is 28.3 Å². The molecule has 0 aliphatic heterocycles. The third-order valence-corrected chi connectivity index (χ3v) is 4.11. The Morgan fingerprint density at radius 1 is 1.33 bits per heavy atom. The van der Waals surface area contributed by atoms with Gasteiger partial charge in [0.25, 0.3) is 0 Å². The van der Waals surface area contributed by atoms with E-state index in [0.717, 1.165) is 30.7 Å². The van der Waals surface area contributed by atoms with Gasteiger partial charge in [0.05, 0.1) is 11.6 Å². The number of benzene rings is 1. The summed E-state index contributed by atoms with van der Waals surface area (Å²) < 4.78 is 40.7. The lowest BCUT2D eigenvalue weighted by Crippen LogP contribution is -2.12. The van der Waals surface area contributed by atoms with E-state index in [1.807, 2.05) is 0 Å². The molecule has 0 unspecified atom stereocenters. The summed E-state index contributed by atoms with van der Waals surface area (Å²) in [7, 11) is 0. The molecule has 0 radical (unpaired) electrons. The maximum Gasteiger partial charge on any atom is 0.416 e. The van der Waals surface area contributed by atoms with Gasteiger partial charge in [-0.25, -0.2) is 4.68 Å². The summed E-state index contributed by atoms with van der Waals surface area (Å²) in [6, 6.07) is 4.37. The minimum absolute atomic E-state index is 0.0774. The van der Waals surface area contributed by atoms with Crippen LogP contribution in [-0.2, 0) is 12.7 Å². The maximum atomic E-state index is 13.0. The van der Waals surface area contributed by atoms with Crippen molar-refractivity contribution in [2.24, 2.45) is 5.73 Å². The van der Waals surface area contributed by atoms with E-state index in [9.17, 15) is 13.2 Å². The molecule has 0 atom stereocenters. The quantitative estimate of drug-likeness (QED) is 0.939. The van der Waals surface area contributed by atoms with Gasteiger partial charge in [-0.15, -0.1) is 5.10 Å². The average molecular weight is 315 g/mol. The first kappa shape index (κ1) is 14.3. The summed E-state index contributed by atoms with van der Waals surface area (Å²) in [6.45, 7) is -0.153. The zero-order chi connectivity index (χ0) is 15.0. The van der Waals surface area contributed by atoms with Crippen molar-refractivity contribution in [3.05, 3.63) is 29.3 Å². The molecule has 1 aromatic heterocycles. The summed E-state index contributed by atoms with van der Waals surface area (Å²) >= 11 is 1.12. The van der Waals surface area contributed by atoms with Crippen molar-refractivity contribution in [2.75, 3.05) is 0 Å². The average Bonchev–Trinajstić information content (AvgIpc) is 3.18. The van der Waals surface area contributed by atoms with Crippen LogP contribution in [-0.4, -0.2) is 20.2 Å². The number of hydrogen-bond acceptors (Lipinski definition) is 5. The molecule has 0 spiro atoms. The third kappa shape index (κ3) is 3.03. The molecule has 2 N–H and O–H groups in total. The number of hydrogen-bond donors (Lipinski definition) is 1. The van der Waals surface area contributed by atoms with Gasteiger partial charge in [-0.1, -0.05) is 6.07 Å². The second kappa shape index (κ2) is 5.30. The molecule has 2 aromatic rings. The second-order valence-corrected chi connectivity index (χ2v) is 5.80. The zero-order valence-corrected chi connectivity index (χ0v) is 11.7. The fourth-order valence-electron chi connectivity index (χ4n) is 1.97. The first-order chi connectivity index (χ1) is 9.99. The monoisotopic (exact) mass is 315 g/mol. The molecule has 0 amide bonds. The minimum Gasteiger partial charge on any atom is -0.326 e. The van der Waals surface area contributed by atoms with Gasteiger partial charge in [0.15, 0.2) is 0 Å². The number of rotatable bonds is 4. The lowest BCUT2D eigenvalue weighted by molar-refractivity contribution is -0.138. The van der Waals surface area contributed by atoms with E-state index in [0.29, 0.717) is 10.1 Å². The fourth-order valence-corrected chi connectivity index (χ4v) is 2.85. The molecule has 1 saturated carbocycles. The largest absolute Gasteiger partial charge is 0.416 e. The molecule has 5 nitrogen and oxygen atoms in total. The highest BCUT2D eigenvalue weighted by Crippen LogP contribution is 2.39. The van der Waals surface area contributed by atoms with Gasteiger partial charge < -0.3 is 5.73 Å². The second-order valence-electron chi connectivity index (χ2n) is 4.76. The normalized spacial score (nSPS) is 15.4. The molecule has 9 heteroatoms. The van der Waals surface area contributed by atoms with Crippen LogP contribution in [0.25, 0.3) is 0 Å². The Morgan fingerprint density at radius 2 is 2.10 bits per heavy atom. The van der Waals surface area contributed by atoms with E-state index < -0.39 is 11.7 Å². The van der Waals surface area contributed by atoms with E-state index in [1.54, 1.807) is 10.7 Å². The van der Waals surface area contributed by atoms with Crippen molar-refractivity contribution in [3.8, 4) is 0 Å². The Labute approximate surface area is 122 Å². The summed E-state index contributed by atoms with van der Waals surface area (Å²) in [5.74, 6) is 0. The zero-order valence-electron chi connectivity index (χ0n) is 10.8. The molecular formula is C12H12F3N5S. The lowest BCUT2D eigenvalue weighted by atomic mass is 10.1. The minimum atomic E-state index is -4.42. The Kier molecular flexibility index (Phi) is 3.62. The lowest BCUT2D eigenvalue weighted by Gasteiger charge is -2.13. The molecule has 112 valence electrons. The topological polar surface area (TPSA) is 69.6 Å². The van der Waals surface area contributed by atoms with Gasteiger partial charge in [-0.2, -0.15) is 13.2 Å². The van der Waals surface area contributed by atoms with E-state index in [2.05, 4.69) is 15.5 Å². The van der Waals surface area contributed by atoms with Crippen molar-refractivity contribution >= 4 is 11.8 Å². The number of nitrogens with zero attached hydrogens (tertiary/aromatic N) is 4. The van der Waals surface area contributed by atoms with Crippen molar-refractivity contribution in [2.45, 2.75) is 41.7 Å². The number of aromatic nitrogens is 4. The Balaban J connectivity index is 1.90. The van der Waals surface area contributed by atoms with E-state index in [1.165, 1.54) is 6.07 Å². The van der Waals surface area contributed by atoms with Gasteiger partial charge in [0.1, 0.15) is 0 Å². The summed E-state index contributed by atoms with van der Waals surface area (Å²) in [4.78, 5) is 0.441. The van der Waals surface area contributed by atoms with E-state index >= 15 is 0 Å². The van der Waals surface area contributed by atoms with Gasteiger partial charge in [0, 0.05) is 11.4 Å². The van der Waals surface area contributed by atoms with Crippen molar-refractivity contribution in [3.63, 3.8) is 0 Å². The van der Waals surface area contributed by atoms with Crippen molar-refractivity contribution in [1.29, 1.82) is 0 Å². The Bertz CT molecular complexity index is 651. The number of nitrogens with two attached hydrogens (primary N) is 1. The molecule has 0 bridgehead atoms. The Hall–Kier alpha value is -1.61. The molecule has 1 aliphatic rings. The Morgan fingerprint density at radius 3 is 2.71 bits per heavy atom. The van der Waals surface area contributed by atoms with Crippen molar-refractivity contribution < 1.29 is 13.2 Å². The fraction of sp³-hybridized carbons (Fsp3) is 0.417. The smallest absolute Gasteiger partial charge is 0.326 e. The molecule has 1 fully saturated rings. The van der Waals surface area contributed by atoms with Crippen LogP contribution in [0.5, 0.6) is 0 Å². The van der Waals surface area contributed by atoms with Crippen LogP contribution in [0.3, 0.4) is 0 Å². The van der Waals surface area contributed by atoms with Gasteiger partial charge >= 0.3 is 6.18 Å². The predicted molar refractivity (Wildman–Crippen MR) is 69.5 cm³/mol. The molecular weight excluding hydrogens is 303 g/mol. The van der Waals surface area contributed by atoms with Gasteiger partial charge in [-0.05, 0) is 52.7 Å². The highest BCUT2D eigenvalue weighted by atomic mass is 32.2. The molecule has 1 heterocycles. The van der Waals surface area contributed by atoms with Crippen LogP contribution < -0.4 is 5.73 Å². The number of alkyl halides is 3. The van der Waals surface area contributed by atoms with Crippen LogP contribution in [0.1, 0.15) is 30.0 Å². The molecule has 1 aromatic carbocycles. The maximum absolute atomic E-state index is 13.0. The molecule has 1 aliphatic carbocycles. The van der Waals surface area contributed by atoms with Crippen molar-refractivity contribution in [1.82, 2.24) is 20.2 Å². The highest BCUT2D eigenvalue weighted by molar-refractivity contribution is 7.99. The third-order valence-electron chi connectivity index (χ3n) is 3.17. The standard InChI is InChI=1S/C12H12F3N5S/c13-12(14,15)10-5-9(4-1-7(10)6-16)21-11-17-18-19-20(11)8-2-3-8/h1,4-5,8H,2-3,6,16H2. The van der Waals surface area contributed by atoms with Crippen LogP contribution in [0, 0.1) is 0 Å². The summed E-state index contributed by atoms with van der Waals surface area (Å²) in [6.07, 6.45) is -2.43. The SMILES string of the molecule is NCc1ccc(Sc2nnnn2C2CC2)cc1C(F)(F)F. The van der Waals surface area contributed by atoms with Gasteiger partial charge in [0.2, 0.25) is 5.16 Å². The number of tetrazole rings is 1. The molecule has 0 saturated heterocycles. The molecule has 3 rings (SSSR count). The highest BCUT2D eigenvalue weighted by Gasteiger charge is 2.33. The first-order valence-corrected chi connectivity index (χ1v) is 7.16.